The van der Waals surface area contributed by atoms with Crippen LogP contribution in [0, 0.1) is 11.5 Å². The zero-order valence-corrected chi connectivity index (χ0v) is 6.45. The number of likely N-dealkylation sites (tertiary alicyclic amines) is 1. The minimum atomic E-state index is 0.368. The van der Waals surface area contributed by atoms with Gasteiger partial charge in [-0.25, -0.2) is 0 Å². The molecule has 1 aliphatic rings. The average Bonchev–Trinajstić information content (AvgIpc) is 2.07. The van der Waals surface area contributed by atoms with E-state index in [0.29, 0.717) is 5.96 Å². The second-order valence-corrected chi connectivity index (χ2v) is 2.62. The molecule has 4 heteroatoms. The number of hydrogen-bond acceptors (Lipinski definition) is 2. The summed E-state index contributed by atoms with van der Waals surface area (Å²) in [6.45, 7) is 1.88. The molecule has 0 atom stereocenters. The molecule has 1 saturated heterocycles. The molecule has 0 bridgehead atoms. The third kappa shape index (κ3) is 2.11. The van der Waals surface area contributed by atoms with Crippen LogP contribution in [0.4, 0.5) is 0 Å². The number of piperidine rings is 1. The zero-order chi connectivity index (χ0) is 8.10. The third-order valence-electron chi connectivity index (χ3n) is 1.84. The van der Waals surface area contributed by atoms with E-state index >= 15 is 0 Å². The Hall–Kier alpha value is -1.24. The maximum Gasteiger partial charge on any atom is 0.209 e. The van der Waals surface area contributed by atoms with Gasteiger partial charge in [-0.15, -0.1) is 4.99 Å². The van der Waals surface area contributed by atoms with Gasteiger partial charge in [0, 0.05) is 13.1 Å². The highest BCUT2D eigenvalue weighted by Crippen LogP contribution is 2.07. The van der Waals surface area contributed by atoms with Crippen molar-refractivity contribution in [2.45, 2.75) is 19.3 Å². The summed E-state index contributed by atoms with van der Waals surface area (Å²) in [7, 11) is 0. The molecule has 0 aromatic rings. The van der Waals surface area contributed by atoms with Gasteiger partial charge in [0.05, 0.1) is 0 Å². The molecule has 1 fully saturated rings. The molecule has 0 radical (unpaired) electrons. The first-order chi connectivity index (χ1) is 5.34. The van der Waals surface area contributed by atoms with Gasteiger partial charge in [-0.1, -0.05) is 0 Å². The van der Waals surface area contributed by atoms with Crippen molar-refractivity contribution >= 4 is 5.96 Å². The molecule has 0 spiro atoms. The monoisotopic (exact) mass is 152 g/mol. The Morgan fingerprint density at radius 2 is 2.00 bits per heavy atom. The van der Waals surface area contributed by atoms with Crippen LogP contribution in [0.1, 0.15) is 19.3 Å². The van der Waals surface area contributed by atoms with Gasteiger partial charge in [0.1, 0.15) is 0 Å². The molecule has 4 nitrogen and oxygen atoms in total. The predicted molar refractivity (Wildman–Crippen MR) is 42.7 cm³/mol. The first-order valence-corrected chi connectivity index (χ1v) is 3.82. The summed E-state index contributed by atoms with van der Waals surface area (Å²) < 4.78 is 0. The number of hydrogen-bond donors (Lipinski definition) is 1. The Kier molecular flexibility index (Phi) is 2.73. The number of nitrogens with zero attached hydrogens (tertiary/aromatic N) is 3. The van der Waals surface area contributed by atoms with Crippen molar-refractivity contribution in [3.63, 3.8) is 0 Å². The lowest BCUT2D eigenvalue weighted by molar-refractivity contribution is 0.339. The Labute approximate surface area is 66.3 Å². The van der Waals surface area contributed by atoms with E-state index in [4.69, 9.17) is 11.0 Å². The van der Waals surface area contributed by atoms with Crippen LogP contribution < -0.4 is 5.73 Å². The fourth-order valence-electron chi connectivity index (χ4n) is 1.24. The minimum Gasteiger partial charge on any atom is -0.369 e. The molecular formula is C7H12N4. The molecule has 0 unspecified atom stereocenters. The molecule has 60 valence electrons. The van der Waals surface area contributed by atoms with Crippen LogP contribution >= 0.6 is 0 Å². The molecule has 0 amide bonds. The van der Waals surface area contributed by atoms with Crippen molar-refractivity contribution < 1.29 is 0 Å². The summed E-state index contributed by atoms with van der Waals surface area (Å²) in [5, 5.41) is 8.22. The quantitative estimate of drug-likeness (QED) is 0.308. The molecule has 1 aliphatic heterocycles. The van der Waals surface area contributed by atoms with Gasteiger partial charge in [0.2, 0.25) is 12.2 Å². The topological polar surface area (TPSA) is 65.4 Å². The number of nitriles is 1. The lowest BCUT2D eigenvalue weighted by atomic mass is 10.1. The van der Waals surface area contributed by atoms with Gasteiger partial charge in [-0.05, 0) is 19.3 Å². The summed E-state index contributed by atoms with van der Waals surface area (Å²) in [4.78, 5) is 5.43. The maximum absolute atomic E-state index is 8.22. The first kappa shape index (κ1) is 7.86. The average molecular weight is 152 g/mol. The maximum atomic E-state index is 8.22. The molecule has 2 N–H and O–H groups in total. The largest absolute Gasteiger partial charge is 0.369 e. The van der Waals surface area contributed by atoms with E-state index < -0.39 is 0 Å². The van der Waals surface area contributed by atoms with Crippen LogP contribution in [0.5, 0.6) is 0 Å². The summed E-state index contributed by atoms with van der Waals surface area (Å²) in [6.07, 6.45) is 5.26. The van der Waals surface area contributed by atoms with Gasteiger partial charge in [0.25, 0.3) is 0 Å². The van der Waals surface area contributed by atoms with E-state index in [2.05, 4.69) is 4.99 Å². The second-order valence-electron chi connectivity index (χ2n) is 2.62. The highest BCUT2D eigenvalue weighted by Gasteiger charge is 2.11. The van der Waals surface area contributed by atoms with Gasteiger partial charge in [-0.3, -0.25) is 0 Å². The lowest BCUT2D eigenvalue weighted by Crippen LogP contribution is -2.40. The van der Waals surface area contributed by atoms with E-state index in [9.17, 15) is 0 Å². The summed E-state index contributed by atoms with van der Waals surface area (Å²) in [6, 6.07) is 0. The van der Waals surface area contributed by atoms with Gasteiger partial charge in [0.15, 0.2) is 0 Å². The van der Waals surface area contributed by atoms with E-state index in [1.165, 1.54) is 6.42 Å². The predicted octanol–water partition coefficient (Wildman–Crippen LogP) is 0.268. The Balaban J connectivity index is 2.46. The minimum absolute atomic E-state index is 0.368. The van der Waals surface area contributed by atoms with Gasteiger partial charge < -0.3 is 10.6 Å². The van der Waals surface area contributed by atoms with Crippen molar-refractivity contribution in [3.05, 3.63) is 0 Å². The normalized spacial score (nSPS) is 19.5. The molecule has 1 heterocycles. The highest BCUT2D eigenvalue weighted by atomic mass is 15.2. The van der Waals surface area contributed by atoms with Gasteiger partial charge in [-0.2, -0.15) is 5.26 Å². The van der Waals surface area contributed by atoms with Crippen LogP contribution in [-0.2, 0) is 0 Å². The van der Waals surface area contributed by atoms with Crippen molar-refractivity contribution in [2.75, 3.05) is 13.1 Å². The fraction of sp³-hybridized carbons (Fsp3) is 0.714. The number of rotatable bonds is 0. The Bertz CT molecular complexity index is 185. The highest BCUT2D eigenvalue weighted by molar-refractivity contribution is 5.78. The molecule has 0 aromatic carbocycles. The first-order valence-electron chi connectivity index (χ1n) is 3.82. The standard InChI is InChI=1S/C7H12N4/c8-6-10-7(9)11-4-2-1-3-5-11/h1-5H2,(H2,9,10). The Morgan fingerprint density at radius 3 is 2.55 bits per heavy atom. The molecule has 0 aliphatic carbocycles. The van der Waals surface area contributed by atoms with Crippen LogP contribution in [0.25, 0.3) is 0 Å². The van der Waals surface area contributed by atoms with E-state index in [-0.39, 0.29) is 0 Å². The molecule has 0 aromatic heterocycles. The van der Waals surface area contributed by atoms with Crippen LogP contribution in [0.2, 0.25) is 0 Å². The van der Waals surface area contributed by atoms with Crippen LogP contribution in [0.15, 0.2) is 4.99 Å². The molecule has 1 rings (SSSR count). The summed E-state index contributed by atoms with van der Waals surface area (Å²) in [5.74, 6) is 0.368. The van der Waals surface area contributed by atoms with Crippen LogP contribution in [-0.4, -0.2) is 23.9 Å². The molecule has 11 heavy (non-hydrogen) atoms. The fourth-order valence-corrected chi connectivity index (χ4v) is 1.24. The molecule has 0 saturated carbocycles. The number of aliphatic imine (C=N–C) groups is 1. The van der Waals surface area contributed by atoms with Crippen molar-refractivity contribution in [3.8, 4) is 6.19 Å². The Morgan fingerprint density at radius 1 is 1.36 bits per heavy atom. The van der Waals surface area contributed by atoms with E-state index in [0.717, 1.165) is 25.9 Å². The molecular weight excluding hydrogens is 140 g/mol. The van der Waals surface area contributed by atoms with Crippen molar-refractivity contribution in [1.82, 2.24) is 4.90 Å². The van der Waals surface area contributed by atoms with E-state index in [1.807, 2.05) is 4.90 Å². The zero-order valence-electron chi connectivity index (χ0n) is 6.45. The number of nitrogens with two attached hydrogens (primary N) is 1. The second kappa shape index (κ2) is 3.81. The summed E-state index contributed by atoms with van der Waals surface area (Å²) in [5.41, 5.74) is 5.51. The van der Waals surface area contributed by atoms with Crippen molar-refractivity contribution in [1.29, 1.82) is 5.26 Å². The lowest BCUT2D eigenvalue weighted by Gasteiger charge is -2.26. The van der Waals surface area contributed by atoms with Crippen LogP contribution in [0.3, 0.4) is 0 Å². The van der Waals surface area contributed by atoms with Crippen molar-refractivity contribution in [2.24, 2.45) is 10.7 Å². The number of guanidine groups is 1. The van der Waals surface area contributed by atoms with E-state index in [1.54, 1.807) is 6.19 Å². The van der Waals surface area contributed by atoms with Gasteiger partial charge >= 0.3 is 0 Å². The SMILES string of the molecule is N#CN=C(N)N1CCCCC1. The third-order valence-corrected chi connectivity index (χ3v) is 1.84. The summed E-state index contributed by atoms with van der Waals surface area (Å²) >= 11 is 0. The smallest absolute Gasteiger partial charge is 0.209 e.